The van der Waals surface area contributed by atoms with E-state index in [0.29, 0.717) is 12.8 Å². The van der Waals surface area contributed by atoms with Crippen molar-refractivity contribution in [3.8, 4) is 11.1 Å². The molecule has 1 unspecified atom stereocenters. The third kappa shape index (κ3) is 4.62. The highest BCUT2D eigenvalue weighted by Crippen LogP contribution is 2.44. The molecule has 8 nitrogen and oxygen atoms in total. The monoisotopic (exact) mass is 480 g/mol. The van der Waals surface area contributed by atoms with Crippen molar-refractivity contribution in [1.82, 2.24) is 10.2 Å². The molecule has 8 heteroatoms. The van der Waals surface area contributed by atoms with Gasteiger partial charge in [-0.15, -0.1) is 0 Å². The number of fused-ring (bicyclic) bond motifs is 3. The van der Waals surface area contributed by atoms with Crippen LogP contribution in [0.4, 0.5) is 4.79 Å². The van der Waals surface area contributed by atoms with Crippen molar-refractivity contribution in [2.24, 2.45) is 5.41 Å². The third-order valence-electron chi connectivity index (χ3n) is 7.55. The lowest BCUT2D eigenvalue weighted by Gasteiger charge is -2.36. The first-order chi connectivity index (χ1) is 16.8. The van der Waals surface area contributed by atoms with Crippen molar-refractivity contribution in [2.45, 2.75) is 51.2 Å². The number of nitrogens with one attached hydrogen (secondary N) is 1. The van der Waals surface area contributed by atoms with E-state index in [1.165, 1.54) is 4.90 Å². The molecule has 35 heavy (non-hydrogen) atoms. The molecule has 3 N–H and O–H groups in total. The highest BCUT2D eigenvalue weighted by Gasteiger charge is 2.46. The van der Waals surface area contributed by atoms with Crippen molar-refractivity contribution in [3.63, 3.8) is 0 Å². The summed E-state index contributed by atoms with van der Waals surface area (Å²) in [5, 5.41) is 22.2. The summed E-state index contributed by atoms with van der Waals surface area (Å²) >= 11 is 0. The van der Waals surface area contributed by atoms with E-state index < -0.39 is 29.6 Å². The number of nitrogens with zero attached hydrogens (tertiary/aromatic N) is 1. The van der Waals surface area contributed by atoms with Crippen molar-refractivity contribution in [2.75, 3.05) is 19.7 Å². The van der Waals surface area contributed by atoms with Crippen molar-refractivity contribution >= 4 is 18.0 Å². The second kappa shape index (κ2) is 10.1. The first-order valence-electron chi connectivity index (χ1n) is 12.1. The highest BCUT2D eigenvalue weighted by atomic mass is 16.5. The number of rotatable bonds is 8. The maximum absolute atomic E-state index is 13.4. The largest absolute Gasteiger partial charge is 0.480 e. The molecule has 2 aliphatic rings. The fourth-order valence-electron chi connectivity index (χ4n) is 5.35. The van der Waals surface area contributed by atoms with Gasteiger partial charge in [-0.3, -0.25) is 4.79 Å². The number of aliphatic carboxylic acids is 1. The van der Waals surface area contributed by atoms with E-state index in [9.17, 15) is 24.6 Å². The van der Waals surface area contributed by atoms with E-state index in [1.54, 1.807) is 0 Å². The van der Waals surface area contributed by atoms with E-state index in [4.69, 9.17) is 4.74 Å². The molecule has 0 saturated carbocycles. The number of alkyl carbamates (subject to hydrolysis) is 1. The second-order valence-corrected chi connectivity index (χ2v) is 9.37. The lowest BCUT2D eigenvalue weighted by atomic mass is 9.80. The molecule has 0 radical (unpaired) electrons. The number of aliphatic hydroxyl groups excluding tert-OH is 1. The number of carbonyl (C=O) groups is 3. The molecule has 1 fully saturated rings. The number of carboxylic acid groups (broad SMARTS) is 1. The minimum Gasteiger partial charge on any atom is -0.480 e. The summed E-state index contributed by atoms with van der Waals surface area (Å²) in [5.41, 5.74) is 3.52. The van der Waals surface area contributed by atoms with Crippen LogP contribution < -0.4 is 5.32 Å². The van der Waals surface area contributed by atoms with Crippen LogP contribution in [0.3, 0.4) is 0 Å². The van der Waals surface area contributed by atoms with Gasteiger partial charge < -0.3 is 25.2 Å². The molecular weight excluding hydrogens is 448 g/mol. The Morgan fingerprint density at radius 3 is 2.14 bits per heavy atom. The zero-order valence-corrected chi connectivity index (χ0v) is 20.1. The number of amides is 2. The van der Waals surface area contributed by atoms with Crippen molar-refractivity contribution in [3.05, 3.63) is 59.7 Å². The average molecular weight is 481 g/mol. The predicted molar refractivity (Wildman–Crippen MR) is 130 cm³/mol. The minimum atomic E-state index is -1.14. The van der Waals surface area contributed by atoms with E-state index in [-0.39, 0.29) is 37.9 Å². The summed E-state index contributed by atoms with van der Waals surface area (Å²) in [7, 11) is 0. The van der Waals surface area contributed by atoms with Crippen molar-refractivity contribution < 1.29 is 29.3 Å². The fraction of sp³-hybridized carbons (Fsp3) is 0.444. The molecule has 2 amide bonds. The molecule has 0 aromatic heterocycles. The number of hydrogen-bond donors (Lipinski definition) is 3. The van der Waals surface area contributed by atoms with Gasteiger partial charge in [0, 0.05) is 25.4 Å². The number of carbonyl (C=O) groups excluding carboxylic acids is 2. The Morgan fingerprint density at radius 1 is 1.03 bits per heavy atom. The van der Waals surface area contributed by atoms with Crippen LogP contribution in [0.15, 0.2) is 48.5 Å². The Balaban J connectivity index is 1.42. The Hall–Kier alpha value is -3.39. The molecule has 2 atom stereocenters. The average Bonchev–Trinajstić information content (AvgIpc) is 3.42. The van der Waals surface area contributed by atoms with Gasteiger partial charge in [-0.2, -0.15) is 0 Å². The molecular formula is C27H32N2O6. The molecule has 2 aromatic rings. The number of carboxylic acids is 1. The maximum atomic E-state index is 13.4. The van der Waals surface area contributed by atoms with Crippen LogP contribution in [-0.4, -0.2) is 64.9 Å². The number of likely N-dealkylation sites (tertiary alicyclic amines) is 1. The topological polar surface area (TPSA) is 116 Å². The zero-order valence-electron chi connectivity index (χ0n) is 20.1. The summed E-state index contributed by atoms with van der Waals surface area (Å²) in [6, 6.07) is 15.1. The van der Waals surface area contributed by atoms with Crippen LogP contribution in [0.25, 0.3) is 11.1 Å². The van der Waals surface area contributed by atoms with Crippen LogP contribution in [0.1, 0.15) is 50.2 Å². The fourth-order valence-corrected chi connectivity index (χ4v) is 5.35. The number of benzene rings is 2. The molecule has 1 aliphatic carbocycles. The minimum absolute atomic E-state index is 0.00435. The standard InChI is InChI=1S/C27H32N2O6/c1-3-27(4-2,25(33)29-14-17(30)13-23(29)24(31)32)16-28-26(34)35-15-22-20-11-7-5-9-18(20)19-10-6-8-12-21(19)22/h5-12,17,22-23,30H,3-4,13-16H2,1-2H3,(H,28,34)(H,31,32)/t17?,23-/m0/s1. The van der Waals surface area contributed by atoms with Crippen molar-refractivity contribution in [1.29, 1.82) is 0 Å². The molecule has 1 aliphatic heterocycles. The number of ether oxygens (including phenoxy) is 1. The van der Waals surface area contributed by atoms with Gasteiger partial charge in [0.2, 0.25) is 5.91 Å². The van der Waals surface area contributed by atoms with Gasteiger partial charge in [-0.1, -0.05) is 62.4 Å². The van der Waals surface area contributed by atoms with Gasteiger partial charge in [0.15, 0.2) is 0 Å². The van der Waals surface area contributed by atoms with Gasteiger partial charge in [0.05, 0.1) is 11.5 Å². The van der Waals surface area contributed by atoms with Gasteiger partial charge in [0.1, 0.15) is 12.6 Å². The van der Waals surface area contributed by atoms with Crippen LogP contribution in [0.5, 0.6) is 0 Å². The third-order valence-corrected chi connectivity index (χ3v) is 7.55. The molecule has 4 rings (SSSR count). The first kappa shape index (κ1) is 24.7. The van der Waals surface area contributed by atoms with Gasteiger partial charge in [-0.05, 0) is 35.1 Å². The molecule has 0 bridgehead atoms. The molecule has 2 aromatic carbocycles. The van der Waals surface area contributed by atoms with Crippen LogP contribution in [0, 0.1) is 5.41 Å². The van der Waals surface area contributed by atoms with Gasteiger partial charge in [0.25, 0.3) is 0 Å². The summed E-state index contributed by atoms with van der Waals surface area (Å²) in [6.07, 6.45) is -0.677. The Morgan fingerprint density at radius 2 is 1.60 bits per heavy atom. The lowest BCUT2D eigenvalue weighted by Crippen LogP contribution is -2.52. The number of aliphatic hydroxyl groups is 1. The van der Waals surface area contributed by atoms with Crippen LogP contribution in [0.2, 0.25) is 0 Å². The van der Waals surface area contributed by atoms with E-state index in [2.05, 4.69) is 17.4 Å². The highest BCUT2D eigenvalue weighted by molar-refractivity contribution is 5.89. The number of β-amino-alcohol motifs (C(OH)–C–C–N with tert-alkyl or cyclic N) is 1. The quantitative estimate of drug-likeness (QED) is 0.533. The lowest BCUT2D eigenvalue weighted by molar-refractivity contribution is -0.153. The predicted octanol–water partition coefficient (Wildman–Crippen LogP) is 3.38. The molecule has 1 heterocycles. The Labute approximate surface area is 204 Å². The summed E-state index contributed by atoms with van der Waals surface area (Å²) in [5.74, 6) is -1.58. The summed E-state index contributed by atoms with van der Waals surface area (Å²) in [4.78, 5) is 38.9. The van der Waals surface area contributed by atoms with E-state index in [0.717, 1.165) is 22.3 Å². The molecule has 186 valence electrons. The van der Waals surface area contributed by atoms with Crippen LogP contribution >= 0.6 is 0 Å². The number of hydrogen-bond acceptors (Lipinski definition) is 5. The Kier molecular flexibility index (Phi) is 7.12. The van der Waals surface area contributed by atoms with Crippen LogP contribution in [-0.2, 0) is 14.3 Å². The Bertz CT molecular complexity index is 1070. The SMILES string of the molecule is CCC(CC)(CNC(=O)OCC1c2ccccc2-c2ccccc21)C(=O)N1CC(O)C[C@H]1C(=O)O. The summed E-state index contributed by atoms with van der Waals surface area (Å²) < 4.78 is 5.60. The zero-order chi connectivity index (χ0) is 25.2. The first-order valence-corrected chi connectivity index (χ1v) is 12.1. The van der Waals surface area contributed by atoms with E-state index >= 15 is 0 Å². The molecule has 0 spiro atoms. The van der Waals surface area contributed by atoms with E-state index in [1.807, 2.05) is 50.2 Å². The van der Waals surface area contributed by atoms with Gasteiger partial charge in [-0.25, -0.2) is 9.59 Å². The normalized spacial score (nSPS) is 19.2. The summed E-state index contributed by atoms with van der Waals surface area (Å²) in [6.45, 7) is 3.83. The maximum Gasteiger partial charge on any atom is 0.407 e. The smallest absolute Gasteiger partial charge is 0.407 e. The van der Waals surface area contributed by atoms with Gasteiger partial charge >= 0.3 is 12.1 Å². The second-order valence-electron chi connectivity index (χ2n) is 9.37. The molecule has 1 saturated heterocycles.